The van der Waals surface area contributed by atoms with Crippen molar-refractivity contribution in [3.8, 4) is 0 Å². The summed E-state index contributed by atoms with van der Waals surface area (Å²) in [5.74, 6) is -0.218. The third-order valence-corrected chi connectivity index (χ3v) is 6.67. The minimum Gasteiger partial charge on any atom is -0.340 e. The van der Waals surface area contributed by atoms with E-state index >= 15 is 0 Å². The van der Waals surface area contributed by atoms with Crippen molar-refractivity contribution in [2.45, 2.75) is 24.8 Å². The predicted molar refractivity (Wildman–Crippen MR) is 106 cm³/mol. The van der Waals surface area contributed by atoms with Gasteiger partial charge in [0.05, 0.1) is 10.6 Å². The summed E-state index contributed by atoms with van der Waals surface area (Å²) in [5, 5.41) is 0. The van der Waals surface area contributed by atoms with E-state index in [0.717, 1.165) is 25.2 Å². The molecule has 0 aromatic heterocycles. The molecule has 27 heavy (non-hydrogen) atoms. The summed E-state index contributed by atoms with van der Waals surface area (Å²) >= 11 is 0. The van der Waals surface area contributed by atoms with Gasteiger partial charge in [0.15, 0.2) is 9.84 Å². The highest BCUT2D eigenvalue weighted by Crippen LogP contribution is 2.14. The number of carbonyl (C=O) groups is 1. The largest absolute Gasteiger partial charge is 0.340 e. The van der Waals surface area contributed by atoms with Gasteiger partial charge in [-0.3, -0.25) is 9.69 Å². The predicted octanol–water partition coefficient (Wildman–Crippen LogP) is 2.50. The number of aryl methyl sites for hydroxylation is 1. The first kappa shape index (κ1) is 19.6. The first-order chi connectivity index (χ1) is 12.9. The molecule has 0 aliphatic carbocycles. The average Bonchev–Trinajstić information content (AvgIpc) is 2.68. The van der Waals surface area contributed by atoms with E-state index in [2.05, 4.69) is 17.0 Å². The number of hydrogen-bond donors (Lipinski definition) is 0. The van der Waals surface area contributed by atoms with Gasteiger partial charge in [0, 0.05) is 39.1 Å². The molecule has 0 saturated carbocycles. The fourth-order valence-electron chi connectivity index (χ4n) is 3.24. The van der Waals surface area contributed by atoms with Crippen LogP contribution < -0.4 is 0 Å². The number of sulfone groups is 1. The third kappa shape index (κ3) is 5.40. The van der Waals surface area contributed by atoms with Crippen LogP contribution in [0.5, 0.6) is 0 Å². The maximum absolute atomic E-state index is 12.4. The van der Waals surface area contributed by atoms with Gasteiger partial charge in [-0.1, -0.05) is 48.0 Å². The number of rotatable bonds is 6. The van der Waals surface area contributed by atoms with Crippen LogP contribution in [-0.2, 0) is 21.2 Å². The van der Waals surface area contributed by atoms with Gasteiger partial charge in [-0.15, -0.1) is 0 Å². The quantitative estimate of drug-likeness (QED) is 0.765. The Balaban J connectivity index is 1.47. The van der Waals surface area contributed by atoms with Gasteiger partial charge in [-0.25, -0.2) is 8.42 Å². The number of nitrogens with zero attached hydrogens (tertiary/aromatic N) is 2. The zero-order valence-electron chi connectivity index (χ0n) is 15.7. The Morgan fingerprint density at radius 1 is 0.926 bits per heavy atom. The molecule has 6 heteroatoms. The fraction of sp³-hybridized carbons (Fsp3) is 0.381. The maximum Gasteiger partial charge on any atom is 0.223 e. The Morgan fingerprint density at radius 3 is 2.19 bits per heavy atom. The van der Waals surface area contributed by atoms with Gasteiger partial charge >= 0.3 is 0 Å². The second kappa shape index (κ2) is 8.67. The molecule has 2 aromatic carbocycles. The van der Waals surface area contributed by atoms with Crippen LogP contribution in [0.1, 0.15) is 17.5 Å². The molecule has 0 bridgehead atoms. The molecule has 0 N–H and O–H groups in total. The van der Waals surface area contributed by atoms with Crippen LogP contribution in [0.4, 0.5) is 0 Å². The number of piperazine rings is 1. The molecule has 1 aliphatic heterocycles. The summed E-state index contributed by atoms with van der Waals surface area (Å²) in [6, 6.07) is 17.1. The van der Waals surface area contributed by atoms with Crippen molar-refractivity contribution in [1.29, 1.82) is 0 Å². The van der Waals surface area contributed by atoms with E-state index in [1.54, 1.807) is 29.2 Å². The molecule has 0 atom stereocenters. The van der Waals surface area contributed by atoms with Crippen molar-refractivity contribution in [2.75, 3.05) is 31.9 Å². The van der Waals surface area contributed by atoms with E-state index < -0.39 is 9.84 Å². The molecule has 1 amide bonds. The van der Waals surface area contributed by atoms with Crippen molar-refractivity contribution in [2.24, 2.45) is 0 Å². The molecule has 144 valence electrons. The lowest BCUT2D eigenvalue weighted by molar-refractivity contribution is -0.132. The zero-order valence-corrected chi connectivity index (χ0v) is 16.5. The molecule has 0 radical (unpaired) electrons. The Labute approximate surface area is 161 Å². The first-order valence-electron chi connectivity index (χ1n) is 9.27. The molecule has 0 unspecified atom stereocenters. The van der Waals surface area contributed by atoms with Gasteiger partial charge < -0.3 is 4.90 Å². The summed E-state index contributed by atoms with van der Waals surface area (Å²) in [5.41, 5.74) is 2.28. The molecule has 5 nitrogen and oxygen atoms in total. The average molecular weight is 387 g/mol. The first-order valence-corrected chi connectivity index (χ1v) is 10.9. The molecule has 1 fully saturated rings. The summed E-state index contributed by atoms with van der Waals surface area (Å²) in [4.78, 5) is 16.8. The third-order valence-electron chi connectivity index (χ3n) is 4.94. The summed E-state index contributed by atoms with van der Waals surface area (Å²) in [6.45, 7) is 5.71. The standard InChI is InChI=1S/C21H26N2O3S/c1-18-7-9-20(10-8-18)27(25,26)16-11-21(24)23-14-12-22(13-15-23)17-19-5-3-2-4-6-19/h2-10H,11-17H2,1H3. The van der Waals surface area contributed by atoms with Crippen molar-refractivity contribution in [3.05, 3.63) is 65.7 Å². The van der Waals surface area contributed by atoms with Gasteiger partial charge in [0.2, 0.25) is 5.91 Å². The lowest BCUT2D eigenvalue weighted by Crippen LogP contribution is -2.48. The van der Waals surface area contributed by atoms with Crippen LogP contribution in [0.15, 0.2) is 59.5 Å². The highest BCUT2D eigenvalue weighted by molar-refractivity contribution is 7.91. The fourth-order valence-corrected chi connectivity index (χ4v) is 4.47. The number of amides is 1. The van der Waals surface area contributed by atoms with Crippen molar-refractivity contribution >= 4 is 15.7 Å². The smallest absolute Gasteiger partial charge is 0.223 e. The zero-order chi connectivity index (χ0) is 19.3. The Bertz CT molecular complexity index is 856. The van der Waals surface area contributed by atoms with Gasteiger partial charge in [-0.2, -0.15) is 0 Å². The van der Waals surface area contributed by atoms with E-state index in [-0.39, 0.29) is 23.0 Å². The van der Waals surface area contributed by atoms with E-state index in [1.165, 1.54) is 5.56 Å². The van der Waals surface area contributed by atoms with Crippen LogP contribution in [0, 0.1) is 6.92 Å². The molecule has 2 aromatic rings. The topological polar surface area (TPSA) is 57.7 Å². The van der Waals surface area contributed by atoms with Gasteiger partial charge in [0.1, 0.15) is 0 Å². The number of benzene rings is 2. The van der Waals surface area contributed by atoms with Crippen molar-refractivity contribution in [1.82, 2.24) is 9.80 Å². The van der Waals surface area contributed by atoms with Crippen LogP contribution in [0.25, 0.3) is 0 Å². The molecular formula is C21H26N2O3S. The molecule has 1 heterocycles. The lowest BCUT2D eigenvalue weighted by atomic mass is 10.2. The second-order valence-electron chi connectivity index (χ2n) is 7.02. The number of carbonyl (C=O) groups excluding carboxylic acids is 1. The molecule has 1 saturated heterocycles. The van der Waals surface area contributed by atoms with E-state index in [0.29, 0.717) is 13.1 Å². The van der Waals surface area contributed by atoms with Crippen molar-refractivity contribution in [3.63, 3.8) is 0 Å². The minimum absolute atomic E-state index is 0.0366. The molecule has 3 rings (SSSR count). The van der Waals surface area contributed by atoms with Crippen LogP contribution in [0.3, 0.4) is 0 Å². The van der Waals surface area contributed by atoms with E-state index in [1.807, 2.05) is 25.1 Å². The summed E-state index contributed by atoms with van der Waals surface area (Å²) in [6.07, 6.45) is 0.0366. The highest BCUT2D eigenvalue weighted by Gasteiger charge is 2.23. The van der Waals surface area contributed by atoms with Crippen molar-refractivity contribution < 1.29 is 13.2 Å². The SMILES string of the molecule is Cc1ccc(S(=O)(=O)CCC(=O)N2CCN(Cc3ccccc3)CC2)cc1. The van der Waals surface area contributed by atoms with E-state index in [9.17, 15) is 13.2 Å². The Morgan fingerprint density at radius 2 is 1.56 bits per heavy atom. The molecule has 1 aliphatic rings. The summed E-state index contributed by atoms with van der Waals surface area (Å²) < 4.78 is 24.8. The lowest BCUT2D eigenvalue weighted by Gasteiger charge is -2.34. The van der Waals surface area contributed by atoms with Crippen LogP contribution in [-0.4, -0.2) is 56.1 Å². The Hall–Kier alpha value is -2.18. The Kier molecular flexibility index (Phi) is 6.29. The highest BCUT2D eigenvalue weighted by atomic mass is 32.2. The number of hydrogen-bond acceptors (Lipinski definition) is 4. The second-order valence-corrected chi connectivity index (χ2v) is 9.13. The molecular weight excluding hydrogens is 360 g/mol. The van der Waals surface area contributed by atoms with Crippen LogP contribution in [0.2, 0.25) is 0 Å². The summed E-state index contributed by atoms with van der Waals surface area (Å²) in [7, 11) is -3.42. The monoisotopic (exact) mass is 386 g/mol. The molecule has 0 spiro atoms. The van der Waals surface area contributed by atoms with E-state index in [4.69, 9.17) is 0 Å². The minimum atomic E-state index is -3.42. The normalized spacial score (nSPS) is 15.7. The van der Waals surface area contributed by atoms with Gasteiger partial charge in [-0.05, 0) is 24.6 Å². The van der Waals surface area contributed by atoms with Gasteiger partial charge in [0.25, 0.3) is 0 Å². The maximum atomic E-state index is 12.4. The van der Waals surface area contributed by atoms with Crippen LogP contribution >= 0.6 is 0 Å².